The summed E-state index contributed by atoms with van der Waals surface area (Å²) in [5.41, 5.74) is 4.93. The van der Waals surface area contributed by atoms with Crippen LogP contribution in [0.4, 0.5) is 5.69 Å². The lowest BCUT2D eigenvalue weighted by atomic mass is 9.76. The third kappa shape index (κ3) is 2.79. The molecule has 5 nitrogen and oxygen atoms in total. The molecule has 0 spiro atoms. The number of esters is 1. The molecule has 0 radical (unpaired) electrons. The lowest BCUT2D eigenvalue weighted by Crippen LogP contribution is -2.30. The molecule has 2 aromatic rings. The van der Waals surface area contributed by atoms with E-state index < -0.39 is 5.97 Å². The van der Waals surface area contributed by atoms with E-state index in [1.54, 1.807) is 12.1 Å². The van der Waals surface area contributed by atoms with E-state index in [0.29, 0.717) is 11.5 Å². The van der Waals surface area contributed by atoms with Crippen LogP contribution in [-0.4, -0.2) is 24.2 Å². The second-order valence-corrected chi connectivity index (χ2v) is 7.10. The molecule has 2 N–H and O–H groups in total. The van der Waals surface area contributed by atoms with E-state index in [9.17, 15) is 9.59 Å². The predicted molar refractivity (Wildman–Crippen MR) is 102 cm³/mol. The monoisotopic (exact) mass is 363 g/mol. The minimum absolute atomic E-state index is 0.0481. The molecule has 2 aliphatic rings. The van der Waals surface area contributed by atoms with Crippen LogP contribution in [0.2, 0.25) is 0 Å². The van der Waals surface area contributed by atoms with Gasteiger partial charge in [-0.15, -0.1) is 0 Å². The molecule has 0 unspecified atom stereocenters. The summed E-state index contributed by atoms with van der Waals surface area (Å²) in [4.78, 5) is 23.2. The predicted octanol–water partition coefficient (Wildman–Crippen LogP) is 4.31. The molecule has 0 aromatic heterocycles. The molecule has 138 valence electrons. The second kappa shape index (κ2) is 6.58. The number of fused-ring (bicyclic) bond motifs is 3. The Morgan fingerprint density at radius 2 is 1.89 bits per heavy atom. The van der Waals surface area contributed by atoms with Crippen molar-refractivity contribution < 1.29 is 19.4 Å². The fourth-order valence-electron chi connectivity index (χ4n) is 4.31. The molecule has 0 saturated heterocycles. The van der Waals surface area contributed by atoms with Crippen LogP contribution >= 0.6 is 0 Å². The smallest absolute Gasteiger partial charge is 0.338 e. The van der Waals surface area contributed by atoms with Crippen LogP contribution in [0.1, 0.15) is 55.8 Å². The molecule has 0 saturated carbocycles. The molecule has 1 aliphatic carbocycles. The third-order valence-electron chi connectivity index (χ3n) is 5.72. The molecule has 2 aromatic carbocycles. The normalized spacial score (nSPS) is 22.5. The summed E-state index contributed by atoms with van der Waals surface area (Å²) in [5, 5.41) is 12.8. The Bertz CT molecular complexity index is 946. The molecular weight excluding hydrogens is 342 g/mol. The Morgan fingerprint density at radius 3 is 2.56 bits per heavy atom. The van der Waals surface area contributed by atoms with Gasteiger partial charge in [0.05, 0.1) is 24.3 Å². The largest absolute Gasteiger partial charge is 0.478 e. The number of hydrogen-bond donors (Lipinski definition) is 2. The van der Waals surface area contributed by atoms with Gasteiger partial charge in [0.15, 0.2) is 0 Å². The number of aromatic carboxylic acids is 1. The number of carboxylic acids is 1. The van der Waals surface area contributed by atoms with Gasteiger partial charge >= 0.3 is 11.9 Å². The molecule has 5 heteroatoms. The first kappa shape index (κ1) is 17.3. The minimum Gasteiger partial charge on any atom is -0.478 e. The molecule has 27 heavy (non-hydrogen) atoms. The highest BCUT2D eigenvalue weighted by molar-refractivity contribution is 5.93. The van der Waals surface area contributed by atoms with E-state index in [0.717, 1.165) is 23.2 Å². The summed E-state index contributed by atoms with van der Waals surface area (Å²) in [7, 11) is 1.39. The maximum Gasteiger partial charge on any atom is 0.338 e. The van der Waals surface area contributed by atoms with Crippen molar-refractivity contribution in [3.8, 4) is 0 Å². The van der Waals surface area contributed by atoms with Gasteiger partial charge in [-0.2, -0.15) is 0 Å². The highest BCUT2D eigenvalue weighted by atomic mass is 16.5. The molecular formula is C22H21NO4. The van der Waals surface area contributed by atoms with Crippen molar-refractivity contribution in [2.75, 3.05) is 12.4 Å². The van der Waals surface area contributed by atoms with Crippen LogP contribution in [-0.2, 0) is 4.74 Å². The summed E-state index contributed by atoms with van der Waals surface area (Å²) in [6.07, 6.45) is 5.40. The fraction of sp³-hybridized carbons (Fsp3) is 0.273. The van der Waals surface area contributed by atoms with Crippen LogP contribution in [0.25, 0.3) is 0 Å². The van der Waals surface area contributed by atoms with Gasteiger partial charge < -0.3 is 15.2 Å². The molecule has 1 heterocycles. The molecule has 0 amide bonds. The quantitative estimate of drug-likeness (QED) is 0.628. The SMILES string of the molecule is COC(=O)c1ccc2c(c1C)N[C@H](c1ccc(C(=O)O)cc1)[C@@H]1CC=C[C@@H]21. The second-order valence-electron chi connectivity index (χ2n) is 7.10. The Morgan fingerprint density at radius 1 is 1.15 bits per heavy atom. The van der Waals surface area contributed by atoms with Crippen molar-refractivity contribution in [2.24, 2.45) is 5.92 Å². The number of rotatable bonds is 3. The summed E-state index contributed by atoms with van der Waals surface area (Å²) >= 11 is 0. The van der Waals surface area contributed by atoms with Gasteiger partial charge in [0, 0.05) is 11.6 Å². The number of methoxy groups -OCH3 is 1. The Labute approximate surface area is 157 Å². The zero-order valence-electron chi connectivity index (χ0n) is 15.2. The average Bonchev–Trinajstić information content (AvgIpc) is 3.17. The van der Waals surface area contributed by atoms with Gasteiger partial charge in [-0.25, -0.2) is 9.59 Å². The van der Waals surface area contributed by atoms with Crippen molar-refractivity contribution in [1.29, 1.82) is 0 Å². The van der Waals surface area contributed by atoms with Gasteiger partial charge in [-0.1, -0.05) is 30.4 Å². The maximum absolute atomic E-state index is 12.1. The van der Waals surface area contributed by atoms with Crippen molar-refractivity contribution in [1.82, 2.24) is 0 Å². The summed E-state index contributed by atoms with van der Waals surface area (Å²) < 4.78 is 4.91. The molecule has 0 bridgehead atoms. The van der Waals surface area contributed by atoms with E-state index in [-0.39, 0.29) is 23.5 Å². The first-order valence-corrected chi connectivity index (χ1v) is 8.99. The summed E-state index contributed by atoms with van der Waals surface area (Å²) in [6, 6.07) is 10.9. The van der Waals surface area contributed by atoms with Crippen molar-refractivity contribution >= 4 is 17.6 Å². The minimum atomic E-state index is -0.928. The Kier molecular flexibility index (Phi) is 4.22. The molecule has 1 aliphatic heterocycles. The van der Waals surface area contributed by atoms with Gasteiger partial charge in [-0.3, -0.25) is 0 Å². The van der Waals surface area contributed by atoms with Gasteiger partial charge in [-0.05, 0) is 54.2 Å². The van der Waals surface area contributed by atoms with E-state index in [2.05, 4.69) is 17.5 Å². The number of ether oxygens (including phenoxy) is 1. The number of carbonyl (C=O) groups excluding carboxylic acids is 1. The first-order chi connectivity index (χ1) is 13.0. The summed E-state index contributed by atoms with van der Waals surface area (Å²) in [6.45, 7) is 1.93. The lowest BCUT2D eigenvalue weighted by molar-refractivity contribution is 0.0599. The van der Waals surface area contributed by atoms with E-state index in [1.807, 2.05) is 31.2 Å². The fourth-order valence-corrected chi connectivity index (χ4v) is 4.31. The Balaban J connectivity index is 1.77. The number of anilines is 1. The summed E-state index contributed by atoms with van der Waals surface area (Å²) in [5.74, 6) is -0.640. The van der Waals surface area contributed by atoms with E-state index in [1.165, 1.54) is 12.7 Å². The molecule has 3 atom stereocenters. The number of allylic oxidation sites excluding steroid dienone is 2. The van der Waals surface area contributed by atoms with Crippen LogP contribution in [0.3, 0.4) is 0 Å². The van der Waals surface area contributed by atoms with Gasteiger partial charge in [0.1, 0.15) is 0 Å². The van der Waals surface area contributed by atoms with Gasteiger partial charge in [0.2, 0.25) is 0 Å². The highest BCUT2D eigenvalue weighted by Gasteiger charge is 2.39. The van der Waals surface area contributed by atoms with E-state index >= 15 is 0 Å². The highest BCUT2D eigenvalue weighted by Crippen LogP contribution is 2.51. The van der Waals surface area contributed by atoms with Crippen LogP contribution in [0.5, 0.6) is 0 Å². The first-order valence-electron chi connectivity index (χ1n) is 8.99. The van der Waals surface area contributed by atoms with Crippen molar-refractivity contribution in [3.63, 3.8) is 0 Å². The molecule has 0 fully saturated rings. The average molecular weight is 363 g/mol. The standard InChI is InChI=1S/C22H21NO4/c1-12-15(22(26)27-2)10-11-18-16-4-3-5-17(16)20(23-19(12)18)13-6-8-14(9-7-13)21(24)25/h3-4,6-11,16-17,20,23H,5H2,1-2H3,(H,24,25)/t16-,17-,20-/m1/s1. The zero-order valence-corrected chi connectivity index (χ0v) is 15.2. The third-order valence-corrected chi connectivity index (χ3v) is 5.72. The Hall–Kier alpha value is -3.08. The maximum atomic E-state index is 12.1. The van der Waals surface area contributed by atoms with Crippen molar-refractivity contribution in [2.45, 2.75) is 25.3 Å². The van der Waals surface area contributed by atoms with Crippen LogP contribution < -0.4 is 5.32 Å². The number of benzene rings is 2. The number of hydrogen-bond acceptors (Lipinski definition) is 4. The zero-order chi connectivity index (χ0) is 19.1. The molecule has 4 rings (SSSR count). The van der Waals surface area contributed by atoms with E-state index in [4.69, 9.17) is 9.84 Å². The number of nitrogens with one attached hydrogen (secondary N) is 1. The lowest BCUT2D eigenvalue weighted by Gasteiger charge is -2.38. The van der Waals surface area contributed by atoms with Crippen LogP contribution in [0.15, 0.2) is 48.6 Å². The van der Waals surface area contributed by atoms with Crippen LogP contribution in [0, 0.1) is 12.8 Å². The van der Waals surface area contributed by atoms with Gasteiger partial charge in [0.25, 0.3) is 0 Å². The topological polar surface area (TPSA) is 75.6 Å². The number of carbonyl (C=O) groups is 2. The van der Waals surface area contributed by atoms with Crippen molar-refractivity contribution in [3.05, 3.63) is 76.4 Å². The number of carboxylic acid groups (broad SMARTS) is 1.